The smallest absolute Gasteiger partial charge is 0.191 e. The van der Waals surface area contributed by atoms with Gasteiger partial charge in [-0.05, 0) is 42.3 Å². The van der Waals surface area contributed by atoms with Crippen molar-refractivity contribution in [3.63, 3.8) is 0 Å². The van der Waals surface area contributed by atoms with Crippen molar-refractivity contribution < 1.29 is 14.6 Å². The number of para-hydroxylation sites is 1. The maximum absolute atomic E-state index is 10.6. The molecule has 3 aromatic rings. The molecule has 31 heavy (non-hydrogen) atoms. The SMILES string of the molecule is CCNC(=NCc1ccnc2ccccc12)NCC(O)c1cc(OC)cc(OC)c1.I. The average molecular weight is 536 g/mol. The van der Waals surface area contributed by atoms with Gasteiger partial charge >= 0.3 is 0 Å². The van der Waals surface area contributed by atoms with Crippen LogP contribution in [-0.2, 0) is 6.54 Å². The molecule has 0 spiro atoms. The molecule has 1 aromatic heterocycles. The van der Waals surface area contributed by atoms with Crippen LogP contribution in [0.5, 0.6) is 11.5 Å². The fraction of sp³-hybridized carbons (Fsp3) is 0.304. The Bertz CT molecular complexity index is 986. The van der Waals surface area contributed by atoms with Crippen molar-refractivity contribution in [2.45, 2.75) is 19.6 Å². The van der Waals surface area contributed by atoms with Crippen LogP contribution in [0.1, 0.15) is 24.2 Å². The van der Waals surface area contributed by atoms with E-state index in [0.29, 0.717) is 42.7 Å². The van der Waals surface area contributed by atoms with Gasteiger partial charge in [0.1, 0.15) is 11.5 Å². The highest BCUT2D eigenvalue weighted by molar-refractivity contribution is 14.0. The number of benzene rings is 2. The first-order valence-corrected chi connectivity index (χ1v) is 9.90. The summed E-state index contributed by atoms with van der Waals surface area (Å²) in [6, 6.07) is 15.4. The number of nitrogens with one attached hydrogen (secondary N) is 2. The Balaban J connectivity index is 0.00000341. The van der Waals surface area contributed by atoms with Gasteiger partial charge in [0.25, 0.3) is 0 Å². The molecule has 2 aromatic carbocycles. The summed E-state index contributed by atoms with van der Waals surface area (Å²) in [6.07, 6.45) is 1.05. The molecule has 0 amide bonds. The molecule has 0 aliphatic rings. The predicted molar refractivity (Wildman–Crippen MR) is 134 cm³/mol. The number of hydrogen-bond acceptors (Lipinski definition) is 5. The van der Waals surface area contributed by atoms with Gasteiger partial charge in [-0.25, -0.2) is 4.99 Å². The van der Waals surface area contributed by atoms with Crippen LogP contribution in [-0.4, -0.2) is 43.4 Å². The summed E-state index contributed by atoms with van der Waals surface area (Å²) < 4.78 is 10.6. The zero-order valence-corrected chi connectivity index (χ0v) is 20.3. The third-order valence-electron chi connectivity index (χ3n) is 4.71. The lowest BCUT2D eigenvalue weighted by Crippen LogP contribution is -2.39. The van der Waals surface area contributed by atoms with Crippen molar-refractivity contribution in [3.05, 3.63) is 65.9 Å². The molecule has 0 fully saturated rings. The van der Waals surface area contributed by atoms with Crippen molar-refractivity contribution in [2.24, 2.45) is 4.99 Å². The normalized spacial score (nSPS) is 12.1. The van der Waals surface area contributed by atoms with Crippen LogP contribution in [0.2, 0.25) is 0 Å². The molecule has 1 heterocycles. The Morgan fingerprint density at radius 2 is 1.77 bits per heavy atom. The first-order chi connectivity index (χ1) is 14.6. The molecule has 1 unspecified atom stereocenters. The molecule has 0 saturated carbocycles. The Hall–Kier alpha value is -2.59. The molecule has 0 aliphatic heterocycles. The predicted octanol–water partition coefficient (Wildman–Crippen LogP) is 3.66. The zero-order chi connectivity index (χ0) is 21.3. The third kappa shape index (κ3) is 6.70. The van der Waals surface area contributed by atoms with Crippen LogP contribution in [0.4, 0.5) is 0 Å². The van der Waals surface area contributed by atoms with E-state index in [1.807, 2.05) is 37.3 Å². The topological polar surface area (TPSA) is 88.0 Å². The van der Waals surface area contributed by atoms with Crippen LogP contribution in [0, 0.1) is 0 Å². The van der Waals surface area contributed by atoms with Crippen LogP contribution in [0.15, 0.2) is 59.7 Å². The lowest BCUT2D eigenvalue weighted by molar-refractivity contribution is 0.180. The Morgan fingerprint density at radius 1 is 1.06 bits per heavy atom. The molecule has 0 bridgehead atoms. The number of guanidine groups is 1. The minimum Gasteiger partial charge on any atom is -0.497 e. The van der Waals surface area contributed by atoms with Gasteiger partial charge in [0.15, 0.2) is 5.96 Å². The minimum absolute atomic E-state index is 0. The third-order valence-corrected chi connectivity index (χ3v) is 4.71. The van der Waals surface area contributed by atoms with E-state index in [1.165, 1.54) is 0 Å². The molecular weight excluding hydrogens is 507 g/mol. The number of fused-ring (bicyclic) bond motifs is 1. The average Bonchev–Trinajstić information content (AvgIpc) is 2.80. The second-order valence-corrected chi connectivity index (χ2v) is 6.73. The number of methoxy groups -OCH3 is 2. The van der Waals surface area contributed by atoms with Crippen LogP contribution in [0.3, 0.4) is 0 Å². The van der Waals surface area contributed by atoms with Crippen molar-refractivity contribution in [3.8, 4) is 11.5 Å². The van der Waals surface area contributed by atoms with E-state index in [2.05, 4.69) is 20.6 Å². The summed E-state index contributed by atoms with van der Waals surface area (Å²) >= 11 is 0. The maximum atomic E-state index is 10.6. The van der Waals surface area contributed by atoms with E-state index in [4.69, 9.17) is 9.47 Å². The highest BCUT2D eigenvalue weighted by Crippen LogP contribution is 2.26. The fourth-order valence-electron chi connectivity index (χ4n) is 3.13. The van der Waals surface area contributed by atoms with Crippen LogP contribution in [0.25, 0.3) is 10.9 Å². The number of rotatable bonds is 8. The molecule has 3 N–H and O–H groups in total. The number of aliphatic hydroxyl groups excluding tert-OH is 1. The Labute approximate surface area is 199 Å². The van der Waals surface area contributed by atoms with Gasteiger partial charge in [0.05, 0.1) is 32.4 Å². The summed E-state index contributed by atoms with van der Waals surface area (Å²) in [7, 11) is 3.17. The monoisotopic (exact) mass is 536 g/mol. The number of nitrogens with zero attached hydrogens (tertiary/aromatic N) is 2. The molecule has 1 atom stereocenters. The number of ether oxygens (including phenoxy) is 2. The fourth-order valence-corrected chi connectivity index (χ4v) is 3.13. The molecule has 0 radical (unpaired) electrons. The van der Waals surface area contributed by atoms with Gasteiger partial charge in [-0.3, -0.25) is 4.98 Å². The summed E-state index contributed by atoms with van der Waals surface area (Å²) in [5.74, 6) is 1.90. The van der Waals surface area contributed by atoms with E-state index < -0.39 is 6.10 Å². The molecule has 0 saturated heterocycles. The van der Waals surface area contributed by atoms with Crippen molar-refractivity contribution >= 4 is 40.8 Å². The number of halogens is 1. The second kappa shape index (κ2) is 12.3. The molecule has 3 rings (SSSR count). The number of hydrogen-bond donors (Lipinski definition) is 3. The second-order valence-electron chi connectivity index (χ2n) is 6.73. The van der Waals surface area contributed by atoms with Crippen molar-refractivity contribution in [1.82, 2.24) is 15.6 Å². The molecule has 166 valence electrons. The highest BCUT2D eigenvalue weighted by Gasteiger charge is 2.12. The Kier molecular flexibility index (Phi) is 9.80. The maximum Gasteiger partial charge on any atom is 0.191 e. The van der Waals surface area contributed by atoms with E-state index in [1.54, 1.807) is 38.6 Å². The standard InChI is InChI=1S/C23H28N4O3.HI/c1-4-24-23(26-14-16-9-10-25-21-8-6-5-7-20(16)21)27-15-22(28)17-11-18(29-2)13-19(12-17)30-3;/h5-13,22,28H,4,14-15H2,1-3H3,(H2,24,26,27);1H. The van der Waals surface area contributed by atoms with Crippen LogP contribution < -0.4 is 20.1 Å². The van der Waals surface area contributed by atoms with Gasteiger partial charge in [0.2, 0.25) is 0 Å². The number of pyridine rings is 1. The van der Waals surface area contributed by atoms with Crippen LogP contribution >= 0.6 is 24.0 Å². The summed E-state index contributed by atoms with van der Waals surface area (Å²) in [4.78, 5) is 9.07. The van der Waals surface area contributed by atoms with Crippen molar-refractivity contribution in [1.29, 1.82) is 0 Å². The van der Waals surface area contributed by atoms with E-state index in [-0.39, 0.29) is 24.0 Å². The van der Waals surface area contributed by atoms with Gasteiger partial charge < -0.3 is 25.2 Å². The molecule has 7 nitrogen and oxygen atoms in total. The summed E-state index contributed by atoms with van der Waals surface area (Å²) in [5, 5.41) is 18.1. The molecule has 8 heteroatoms. The molecular formula is C23H29IN4O3. The lowest BCUT2D eigenvalue weighted by Gasteiger charge is -2.17. The summed E-state index contributed by atoms with van der Waals surface area (Å²) in [6.45, 7) is 3.51. The zero-order valence-electron chi connectivity index (χ0n) is 18.0. The van der Waals surface area contributed by atoms with E-state index in [9.17, 15) is 5.11 Å². The summed E-state index contributed by atoms with van der Waals surface area (Å²) in [5.41, 5.74) is 2.75. The number of aromatic nitrogens is 1. The highest BCUT2D eigenvalue weighted by atomic mass is 127. The Morgan fingerprint density at radius 3 is 2.45 bits per heavy atom. The molecule has 0 aliphatic carbocycles. The van der Waals surface area contributed by atoms with Gasteiger partial charge in [-0.1, -0.05) is 18.2 Å². The van der Waals surface area contributed by atoms with Gasteiger partial charge in [0, 0.05) is 30.7 Å². The number of aliphatic imine (C=N–C) groups is 1. The number of aliphatic hydroxyl groups is 1. The van der Waals surface area contributed by atoms with Gasteiger partial charge in [-0.15, -0.1) is 24.0 Å². The largest absolute Gasteiger partial charge is 0.497 e. The van der Waals surface area contributed by atoms with E-state index >= 15 is 0 Å². The lowest BCUT2D eigenvalue weighted by atomic mass is 10.1. The van der Waals surface area contributed by atoms with E-state index in [0.717, 1.165) is 16.5 Å². The quantitative estimate of drug-likeness (QED) is 0.232. The van der Waals surface area contributed by atoms with Gasteiger partial charge in [-0.2, -0.15) is 0 Å². The minimum atomic E-state index is -0.750. The first-order valence-electron chi connectivity index (χ1n) is 9.90. The van der Waals surface area contributed by atoms with Crippen molar-refractivity contribution in [2.75, 3.05) is 27.3 Å². The first kappa shape index (κ1) is 24.7.